The predicted octanol–water partition coefficient (Wildman–Crippen LogP) is 2.31. The number of rotatable bonds is 16. The molecule has 0 radical (unpaired) electrons. The van der Waals surface area contributed by atoms with Crippen molar-refractivity contribution in [1.29, 1.82) is 0 Å². The van der Waals surface area contributed by atoms with Gasteiger partial charge in [-0.25, -0.2) is 0 Å². The van der Waals surface area contributed by atoms with E-state index in [9.17, 15) is 0 Å². The maximum Gasteiger partial charge on any atom is 0.164 e. The second-order valence-corrected chi connectivity index (χ2v) is 7.54. The molecule has 28 heavy (non-hydrogen) atoms. The zero-order valence-electron chi connectivity index (χ0n) is 17.9. The Balaban J connectivity index is 1.78. The molecular weight excluding hydrogens is 362 g/mol. The maximum atomic E-state index is 5.66. The molecule has 0 saturated carbocycles. The lowest BCUT2D eigenvalue weighted by Gasteiger charge is -2.23. The minimum absolute atomic E-state index is 0.276. The Bertz CT molecular complexity index is 425. The van der Waals surface area contributed by atoms with E-state index in [-0.39, 0.29) is 5.60 Å². The molecule has 0 aromatic rings. The monoisotopic (exact) mass is 401 g/mol. The fraction of sp³-hybridized carbons (Fsp3) is 0.857. The molecule has 7 heteroatoms. The van der Waals surface area contributed by atoms with Crippen molar-refractivity contribution in [1.82, 2.24) is 5.32 Å². The van der Waals surface area contributed by atoms with Crippen LogP contribution in [0.2, 0.25) is 0 Å². The van der Waals surface area contributed by atoms with Crippen LogP contribution in [0.4, 0.5) is 0 Å². The summed E-state index contributed by atoms with van der Waals surface area (Å²) in [6.45, 7) is 16.4. The van der Waals surface area contributed by atoms with Crippen molar-refractivity contribution in [3.8, 4) is 0 Å². The van der Waals surface area contributed by atoms with Gasteiger partial charge < -0.3 is 33.7 Å². The van der Waals surface area contributed by atoms with Crippen molar-refractivity contribution in [2.75, 3.05) is 72.6 Å². The van der Waals surface area contributed by atoms with Gasteiger partial charge in [-0.2, -0.15) is 0 Å². The first-order chi connectivity index (χ1) is 13.5. The first-order valence-electron chi connectivity index (χ1n) is 10.2. The van der Waals surface area contributed by atoms with E-state index in [1.165, 1.54) is 0 Å². The van der Waals surface area contributed by atoms with Gasteiger partial charge in [0.15, 0.2) is 5.76 Å². The van der Waals surface area contributed by atoms with Crippen molar-refractivity contribution in [2.45, 2.75) is 45.3 Å². The highest BCUT2D eigenvalue weighted by molar-refractivity contribution is 4.91. The Labute approximate surface area is 170 Å². The van der Waals surface area contributed by atoms with Crippen LogP contribution in [0.25, 0.3) is 0 Å². The highest BCUT2D eigenvalue weighted by atomic mass is 16.6. The lowest BCUT2D eigenvalue weighted by atomic mass is 10.1. The van der Waals surface area contributed by atoms with Gasteiger partial charge in [0.25, 0.3) is 0 Å². The Kier molecular flexibility index (Phi) is 14.3. The fourth-order valence-electron chi connectivity index (χ4n) is 2.55. The van der Waals surface area contributed by atoms with Crippen molar-refractivity contribution in [2.24, 2.45) is 0 Å². The van der Waals surface area contributed by atoms with E-state index >= 15 is 0 Å². The van der Waals surface area contributed by atoms with Crippen LogP contribution in [0, 0.1) is 0 Å². The minimum atomic E-state index is -0.276. The van der Waals surface area contributed by atoms with Crippen molar-refractivity contribution < 1.29 is 28.4 Å². The highest BCUT2D eigenvalue weighted by Crippen LogP contribution is 2.12. The summed E-state index contributed by atoms with van der Waals surface area (Å²) in [5.74, 6) is 0.610. The van der Waals surface area contributed by atoms with E-state index < -0.39 is 0 Å². The Hall–Kier alpha value is -0.920. The summed E-state index contributed by atoms with van der Waals surface area (Å²) in [7, 11) is 0. The Morgan fingerprint density at radius 1 is 0.929 bits per heavy atom. The molecule has 0 aromatic heterocycles. The molecule has 1 N–H and O–H groups in total. The molecule has 0 atom stereocenters. The molecule has 1 heterocycles. The number of hydrogen-bond donors (Lipinski definition) is 1. The molecule has 7 nitrogen and oxygen atoms in total. The molecule has 0 amide bonds. The van der Waals surface area contributed by atoms with Crippen LogP contribution in [0.3, 0.4) is 0 Å². The zero-order valence-corrected chi connectivity index (χ0v) is 17.9. The molecular formula is C21H39NO6. The maximum absolute atomic E-state index is 5.66. The van der Waals surface area contributed by atoms with Crippen LogP contribution in [0.1, 0.15) is 33.6 Å². The second kappa shape index (κ2) is 15.9. The summed E-state index contributed by atoms with van der Waals surface area (Å²) in [5.41, 5.74) is 2.48. The van der Waals surface area contributed by atoms with Gasteiger partial charge in [-0.05, 0) is 33.6 Å². The lowest BCUT2D eigenvalue weighted by Crippen LogP contribution is -2.36. The molecule has 0 aromatic carbocycles. The summed E-state index contributed by atoms with van der Waals surface area (Å²) in [4.78, 5) is 0. The van der Waals surface area contributed by atoms with Gasteiger partial charge in [-0.15, -0.1) is 0 Å². The van der Waals surface area contributed by atoms with Gasteiger partial charge in [0.2, 0.25) is 0 Å². The SMILES string of the molecule is C=C=C(COCCOCCOCCOCCNC1CCOCC1)OC(C)(C)C. The predicted molar refractivity (Wildman–Crippen MR) is 109 cm³/mol. The van der Waals surface area contributed by atoms with Gasteiger partial charge in [0.1, 0.15) is 12.2 Å². The summed E-state index contributed by atoms with van der Waals surface area (Å²) < 4.78 is 33.0. The largest absolute Gasteiger partial charge is 0.482 e. The van der Waals surface area contributed by atoms with Crippen LogP contribution in [0.5, 0.6) is 0 Å². The Morgan fingerprint density at radius 2 is 1.46 bits per heavy atom. The summed E-state index contributed by atoms with van der Waals surface area (Å²) in [6.07, 6.45) is 2.18. The second-order valence-electron chi connectivity index (χ2n) is 7.54. The molecule has 0 spiro atoms. The molecule has 0 unspecified atom stereocenters. The normalized spacial score (nSPS) is 15.4. The molecule has 1 fully saturated rings. The lowest BCUT2D eigenvalue weighted by molar-refractivity contribution is -0.0130. The highest BCUT2D eigenvalue weighted by Gasteiger charge is 2.13. The number of ether oxygens (including phenoxy) is 6. The van der Waals surface area contributed by atoms with Crippen LogP contribution in [-0.4, -0.2) is 84.3 Å². The molecule has 0 aliphatic carbocycles. The van der Waals surface area contributed by atoms with Crippen LogP contribution in [0.15, 0.2) is 18.1 Å². The van der Waals surface area contributed by atoms with E-state index in [4.69, 9.17) is 28.4 Å². The molecule has 1 saturated heterocycles. The van der Waals surface area contributed by atoms with E-state index in [1.807, 2.05) is 20.8 Å². The third kappa shape index (κ3) is 15.1. The van der Waals surface area contributed by atoms with Crippen molar-refractivity contribution >= 4 is 0 Å². The molecule has 164 valence electrons. The standard InChI is InChI=1S/C21H39NO6/c1-5-20(28-21(2,3)4)18-27-17-16-26-15-14-25-13-12-24-11-8-22-19-6-9-23-10-7-19/h19,22H,1,6-18H2,2-4H3. The summed E-state index contributed by atoms with van der Waals surface area (Å²) >= 11 is 0. The molecule has 1 aliphatic rings. The summed E-state index contributed by atoms with van der Waals surface area (Å²) in [5, 5.41) is 3.48. The van der Waals surface area contributed by atoms with Crippen LogP contribution >= 0.6 is 0 Å². The smallest absolute Gasteiger partial charge is 0.164 e. The van der Waals surface area contributed by atoms with Gasteiger partial charge in [0, 0.05) is 25.8 Å². The van der Waals surface area contributed by atoms with Crippen LogP contribution < -0.4 is 5.32 Å². The van der Waals surface area contributed by atoms with Gasteiger partial charge >= 0.3 is 0 Å². The third-order valence-electron chi connectivity index (χ3n) is 3.88. The fourth-order valence-corrected chi connectivity index (χ4v) is 2.55. The third-order valence-corrected chi connectivity index (χ3v) is 3.88. The average Bonchev–Trinajstić information content (AvgIpc) is 2.67. The zero-order chi connectivity index (χ0) is 20.5. The van der Waals surface area contributed by atoms with Crippen LogP contribution in [-0.2, 0) is 28.4 Å². The van der Waals surface area contributed by atoms with Gasteiger partial charge in [-0.1, -0.05) is 12.3 Å². The average molecular weight is 402 g/mol. The van der Waals surface area contributed by atoms with Crippen molar-refractivity contribution in [3.63, 3.8) is 0 Å². The van der Waals surface area contributed by atoms with Gasteiger partial charge in [0.05, 0.1) is 46.2 Å². The van der Waals surface area contributed by atoms with E-state index in [0.717, 1.165) is 32.6 Å². The molecule has 1 aliphatic heterocycles. The molecule has 0 bridgehead atoms. The van der Waals surface area contributed by atoms with Gasteiger partial charge in [-0.3, -0.25) is 0 Å². The first kappa shape index (κ1) is 25.1. The number of hydrogen-bond acceptors (Lipinski definition) is 7. The topological polar surface area (TPSA) is 67.4 Å². The van der Waals surface area contributed by atoms with E-state index in [0.29, 0.717) is 64.7 Å². The van der Waals surface area contributed by atoms with Crippen molar-refractivity contribution in [3.05, 3.63) is 18.1 Å². The molecule has 1 rings (SSSR count). The first-order valence-corrected chi connectivity index (χ1v) is 10.2. The summed E-state index contributed by atoms with van der Waals surface area (Å²) in [6, 6.07) is 0.570. The quantitative estimate of drug-likeness (QED) is 0.242. The number of nitrogens with one attached hydrogen (secondary N) is 1. The minimum Gasteiger partial charge on any atom is -0.482 e. The Morgan fingerprint density at radius 3 is 2.00 bits per heavy atom. The van der Waals surface area contributed by atoms with E-state index in [2.05, 4.69) is 17.6 Å². The van der Waals surface area contributed by atoms with E-state index in [1.54, 1.807) is 0 Å².